The maximum atomic E-state index is 12.6. The highest BCUT2D eigenvalue weighted by molar-refractivity contribution is 6.03. The first-order chi connectivity index (χ1) is 12.6. The highest BCUT2D eigenvalue weighted by Crippen LogP contribution is 2.20. The molecular weight excluding hydrogens is 324 g/mol. The van der Waals surface area contributed by atoms with E-state index in [1.54, 1.807) is 6.08 Å². The van der Waals surface area contributed by atoms with Gasteiger partial charge in [-0.2, -0.15) is 0 Å². The molecule has 0 aromatic heterocycles. The van der Waals surface area contributed by atoms with Gasteiger partial charge in [0.25, 0.3) is 5.91 Å². The maximum Gasteiger partial charge on any atom is 0.268 e. The number of fused-ring (bicyclic) bond motifs is 1. The van der Waals surface area contributed by atoms with Crippen molar-refractivity contribution in [3.8, 4) is 0 Å². The van der Waals surface area contributed by atoms with Gasteiger partial charge in [0.1, 0.15) is 5.70 Å². The number of amides is 2. The molecule has 0 saturated carbocycles. The monoisotopic (exact) mass is 344 g/mol. The van der Waals surface area contributed by atoms with Crippen LogP contribution in [0.5, 0.6) is 0 Å². The summed E-state index contributed by atoms with van der Waals surface area (Å²) in [5.74, 6) is -0.608. The fourth-order valence-electron chi connectivity index (χ4n) is 2.75. The number of hydrogen-bond acceptors (Lipinski definition) is 2. The molecule has 0 fully saturated rings. The van der Waals surface area contributed by atoms with Crippen LogP contribution in [0, 0.1) is 0 Å². The highest BCUT2D eigenvalue weighted by Gasteiger charge is 2.12. The van der Waals surface area contributed by atoms with E-state index in [0.717, 1.165) is 21.9 Å². The maximum absolute atomic E-state index is 12.6. The minimum Gasteiger partial charge on any atom is -0.347 e. The Morgan fingerprint density at radius 3 is 2.35 bits per heavy atom. The van der Waals surface area contributed by atoms with Gasteiger partial charge in [0.2, 0.25) is 5.91 Å². The van der Waals surface area contributed by atoms with Crippen LogP contribution in [0.3, 0.4) is 0 Å². The molecule has 4 nitrogen and oxygen atoms in total. The predicted molar refractivity (Wildman–Crippen MR) is 104 cm³/mol. The van der Waals surface area contributed by atoms with Gasteiger partial charge < -0.3 is 10.6 Å². The summed E-state index contributed by atoms with van der Waals surface area (Å²) < 4.78 is 0. The van der Waals surface area contributed by atoms with Crippen molar-refractivity contribution in [3.05, 3.63) is 89.6 Å². The molecule has 0 atom stereocenters. The standard InChI is InChI=1S/C22H20N2O2/c1-16(25)24-21(22(26)23-15-17-8-3-2-4-9-17)14-19-12-7-11-18-10-5-6-13-20(18)19/h2-14H,15H2,1H3,(H,23,26)(H,24,25)/b21-14-. The molecule has 0 aliphatic rings. The molecule has 0 heterocycles. The molecule has 3 rings (SSSR count). The van der Waals surface area contributed by atoms with Crippen molar-refractivity contribution < 1.29 is 9.59 Å². The molecule has 2 amide bonds. The number of nitrogens with one attached hydrogen (secondary N) is 2. The summed E-state index contributed by atoms with van der Waals surface area (Å²) in [5, 5.41) is 7.59. The zero-order chi connectivity index (χ0) is 18.4. The lowest BCUT2D eigenvalue weighted by atomic mass is 10.0. The first-order valence-corrected chi connectivity index (χ1v) is 8.42. The zero-order valence-corrected chi connectivity index (χ0v) is 14.5. The Labute approximate surface area is 152 Å². The molecule has 0 aliphatic heterocycles. The number of carbonyl (C=O) groups excluding carboxylic acids is 2. The number of rotatable bonds is 5. The second kappa shape index (κ2) is 8.12. The molecule has 3 aromatic rings. The van der Waals surface area contributed by atoms with Gasteiger partial charge in [0.05, 0.1) is 0 Å². The summed E-state index contributed by atoms with van der Waals surface area (Å²) in [5.41, 5.74) is 2.10. The number of carbonyl (C=O) groups is 2. The van der Waals surface area contributed by atoms with Crippen LogP contribution >= 0.6 is 0 Å². The third-order valence-electron chi connectivity index (χ3n) is 3.97. The van der Waals surface area contributed by atoms with Crippen molar-refractivity contribution in [2.24, 2.45) is 0 Å². The summed E-state index contributed by atoms with van der Waals surface area (Å²) >= 11 is 0. The van der Waals surface area contributed by atoms with Gasteiger partial charge in [-0.25, -0.2) is 0 Å². The molecule has 0 saturated heterocycles. The van der Waals surface area contributed by atoms with Crippen molar-refractivity contribution in [2.45, 2.75) is 13.5 Å². The first-order valence-electron chi connectivity index (χ1n) is 8.42. The van der Waals surface area contributed by atoms with E-state index in [1.807, 2.05) is 72.8 Å². The molecule has 0 unspecified atom stereocenters. The lowest BCUT2D eigenvalue weighted by molar-refractivity contribution is -0.122. The third-order valence-corrected chi connectivity index (χ3v) is 3.97. The van der Waals surface area contributed by atoms with Gasteiger partial charge in [-0.05, 0) is 28.0 Å². The van der Waals surface area contributed by atoms with Gasteiger partial charge in [0.15, 0.2) is 0 Å². The SMILES string of the molecule is CC(=O)N/C(=C\c1cccc2ccccc12)C(=O)NCc1ccccc1. The van der Waals surface area contributed by atoms with Crippen LogP contribution in [0.4, 0.5) is 0 Å². The van der Waals surface area contributed by atoms with Crippen molar-refractivity contribution in [3.63, 3.8) is 0 Å². The van der Waals surface area contributed by atoms with Crippen molar-refractivity contribution in [2.75, 3.05) is 0 Å². The molecule has 3 aromatic carbocycles. The summed E-state index contributed by atoms with van der Waals surface area (Å²) in [7, 11) is 0. The fraction of sp³-hybridized carbons (Fsp3) is 0.0909. The molecular formula is C22H20N2O2. The lowest BCUT2D eigenvalue weighted by Gasteiger charge is -2.11. The Balaban J connectivity index is 1.88. The van der Waals surface area contributed by atoms with E-state index >= 15 is 0 Å². The normalized spacial score (nSPS) is 11.2. The molecule has 0 aliphatic carbocycles. The van der Waals surface area contributed by atoms with E-state index in [4.69, 9.17) is 0 Å². The number of benzene rings is 3. The van der Waals surface area contributed by atoms with Gasteiger partial charge in [-0.15, -0.1) is 0 Å². The molecule has 2 N–H and O–H groups in total. The van der Waals surface area contributed by atoms with Crippen molar-refractivity contribution >= 4 is 28.7 Å². The smallest absolute Gasteiger partial charge is 0.268 e. The molecule has 0 radical (unpaired) electrons. The van der Waals surface area contributed by atoms with E-state index in [2.05, 4.69) is 10.6 Å². The lowest BCUT2D eigenvalue weighted by Crippen LogP contribution is -2.33. The first kappa shape index (κ1) is 17.4. The fourth-order valence-corrected chi connectivity index (χ4v) is 2.75. The molecule has 26 heavy (non-hydrogen) atoms. The highest BCUT2D eigenvalue weighted by atomic mass is 16.2. The van der Waals surface area contributed by atoms with Crippen molar-refractivity contribution in [1.82, 2.24) is 10.6 Å². The van der Waals surface area contributed by atoms with E-state index < -0.39 is 0 Å². The van der Waals surface area contributed by atoms with Gasteiger partial charge in [-0.3, -0.25) is 9.59 Å². The summed E-state index contributed by atoms with van der Waals surface area (Å²) in [4.78, 5) is 24.2. The number of hydrogen-bond donors (Lipinski definition) is 2. The molecule has 4 heteroatoms. The Kier molecular flexibility index (Phi) is 5.44. The second-order valence-corrected chi connectivity index (χ2v) is 5.98. The minimum atomic E-state index is -0.322. The van der Waals surface area contributed by atoms with Crippen LogP contribution in [0.2, 0.25) is 0 Å². The van der Waals surface area contributed by atoms with Gasteiger partial charge in [0, 0.05) is 13.5 Å². The Hall–Kier alpha value is -3.40. The van der Waals surface area contributed by atoms with Crippen LogP contribution < -0.4 is 10.6 Å². The average Bonchev–Trinajstić information content (AvgIpc) is 2.66. The quantitative estimate of drug-likeness (QED) is 0.694. The van der Waals surface area contributed by atoms with E-state index in [0.29, 0.717) is 6.54 Å². The van der Waals surface area contributed by atoms with Crippen LogP contribution in [-0.4, -0.2) is 11.8 Å². The summed E-state index contributed by atoms with van der Waals surface area (Å²) in [6.07, 6.45) is 1.71. The van der Waals surface area contributed by atoms with Crippen molar-refractivity contribution in [1.29, 1.82) is 0 Å². The average molecular weight is 344 g/mol. The minimum absolute atomic E-state index is 0.227. The summed E-state index contributed by atoms with van der Waals surface area (Å²) in [6.45, 7) is 1.79. The Bertz CT molecular complexity index is 957. The molecule has 0 spiro atoms. The van der Waals surface area contributed by atoms with E-state index in [1.165, 1.54) is 6.92 Å². The molecule has 130 valence electrons. The second-order valence-electron chi connectivity index (χ2n) is 5.98. The largest absolute Gasteiger partial charge is 0.347 e. The Morgan fingerprint density at radius 2 is 1.58 bits per heavy atom. The predicted octanol–water partition coefficient (Wildman–Crippen LogP) is 3.63. The topological polar surface area (TPSA) is 58.2 Å². The van der Waals surface area contributed by atoms with Crippen LogP contribution in [0.25, 0.3) is 16.8 Å². The van der Waals surface area contributed by atoms with Crippen LogP contribution in [0.15, 0.2) is 78.5 Å². The van der Waals surface area contributed by atoms with Gasteiger partial charge >= 0.3 is 0 Å². The van der Waals surface area contributed by atoms with E-state index in [9.17, 15) is 9.59 Å². The van der Waals surface area contributed by atoms with Crippen LogP contribution in [-0.2, 0) is 16.1 Å². The zero-order valence-electron chi connectivity index (χ0n) is 14.5. The van der Waals surface area contributed by atoms with E-state index in [-0.39, 0.29) is 17.5 Å². The van der Waals surface area contributed by atoms with Crippen LogP contribution in [0.1, 0.15) is 18.1 Å². The third kappa shape index (κ3) is 4.36. The summed E-state index contributed by atoms with van der Waals surface area (Å²) in [6, 6.07) is 23.4. The Morgan fingerprint density at radius 1 is 0.885 bits per heavy atom. The molecule has 0 bridgehead atoms. The van der Waals surface area contributed by atoms with Gasteiger partial charge in [-0.1, -0.05) is 72.8 Å².